The minimum absolute atomic E-state index is 0.0767. The number of likely N-dealkylation sites (N-methyl/N-ethyl adjacent to an activating group) is 1. The number of halogens is 1. The maximum atomic E-state index is 12.1. The van der Waals surface area contributed by atoms with Crippen molar-refractivity contribution in [2.24, 2.45) is 0 Å². The van der Waals surface area contributed by atoms with Crippen LogP contribution >= 0.6 is 22.9 Å². The molecule has 1 aromatic heterocycles. The van der Waals surface area contributed by atoms with E-state index >= 15 is 0 Å². The fourth-order valence-electron chi connectivity index (χ4n) is 2.05. The van der Waals surface area contributed by atoms with Crippen molar-refractivity contribution < 1.29 is 9.53 Å². The normalized spacial score (nSPS) is 12.2. The zero-order valence-electron chi connectivity index (χ0n) is 12.8. The van der Waals surface area contributed by atoms with E-state index in [2.05, 4.69) is 18.3 Å². The van der Waals surface area contributed by atoms with Gasteiger partial charge in [0.15, 0.2) is 0 Å². The topological polar surface area (TPSA) is 41.6 Å². The highest BCUT2D eigenvalue weighted by Gasteiger charge is 2.16. The molecular weight excluding hydrogens is 320 g/mol. The van der Waals surface area contributed by atoms with Crippen LogP contribution in [0, 0.1) is 0 Å². The van der Waals surface area contributed by atoms with E-state index in [0.29, 0.717) is 23.0 Å². The second kappa shape index (κ2) is 7.63. The molecule has 4 nitrogen and oxygen atoms in total. The Morgan fingerprint density at radius 1 is 1.45 bits per heavy atom. The largest absolute Gasteiger partial charge is 0.495 e. The summed E-state index contributed by atoms with van der Waals surface area (Å²) in [6.45, 7) is 2.39. The lowest BCUT2D eigenvalue weighted by molar-refractivity contribution is -0.117. The number of methoxy groups -OCH3 is 1. The van der Waals surface area contributed by atoms with E-state index in [1.54, 1.807) is 36.6 Å². The van der Waals surface area contributed by atoms with Gasteiger partial charge in [0, 0.05) is 16.6 Å². The molecule has 2 rings (SSSR count). The summed E-state index contributed by atoms with van der Waals surface area (Å²) < 4.78 is 5.09. The number of nitrogens with zero attached hydrogens (tertiary/aromatic N) is 1. The van der Waals surface area contributed by atoms with Gasteiger partial charge in [-0.15, -0.1) is 11.3 Å². The van der Waals surface area contributed by atoms with Gasteiger partial charge in [-0.25, -0.2) is 0 Å². The lowest BCUT2D eigenvalue weighted by atomic mass is 10.2. The molecule has 0 fully saturated rings. The molecule has 0 aliphatic rings. The lowest BCUT2D eigenvalue weighted by Crippen LogP contribution is -2.31. The fourth-order valence-corrected chi connectivity index (χ4v) is 3.16. The SMILES string of the molecule is COc1ccc(NC(=O)CN(C)C(C)c2cccs2)cc1Cl. The van der Waals surface area contributed by atoms with Crippen LogP contribution in [0.15, 0.2) is 35.7 Å². The van der Waals surface area contributed by atoms with Gasteiger partial charge in [0.1, 0.15) is 5.75 Å². The third-order valence-corrected chi connectivity index (χ3v) is 4.78. The maximum Gasteiger partial charge on any atom is 0.238 e. The Kier molecular flexibility index (Phi) is 5.83. The number of carbonyl (C=O) groups excluding carboxylic acids is 1. The summed E-state index contributed by atoms with van der Waals surface area (Å²) in [6.07, 6.45) is 0. The quantitative estimate of drug-likeness (QED) is 0.864. The number of hydrogen-bond donors (Lipinski definition) is 1. The second-order valence-electron chi connectivity index (χ2n) is 5.00. The van der Waals surface area contributed by atoms with Gasteiger partial charge in [0.05, 0.1) is 18.7 Å². The van der Waals surface area contributed by atoms with E-state index in [0.717, 1.165) is 0 Å². The Hall–Kier alpha value is -1.56. The van der Waals surface area contributed by atoms with Gasteiger partial charge in [0.2, 0.25) is 5.91 Å². The summed E-state index contributed by atoms with van der Waals surface area (Å²) in [7, 11) is 3.49. The summed E-state index contributed by atoms with van der Waals surface area (Å²) in [5, 5.41) is 5.36. The second-order valence-corrected chi connectivity index (χ2v) is 6.39. The monoisotopic (exact) mass is 338 g/mol. The Bertz CT molecular complexity index is 631. The number of hydrogen-bond acceptors (Lipinski definition) is 4. The van der Waals surface area contributed by atoms with Crippen LogP contribution in [0.5, 0.6) is 5.75 Å². The Balaban J connectivity index is 1.93. The van der Waals surface area contributed by atoms with Crippen LogP contribution in [0.1, 0.15) is 17.8 Å². The van der Waals surface area contributed by atoms with E-state index in [-0.39, 0.29) is 11.9 Å². The van der Waals surface area contributed by atoms with Gasteiger partial charge in [0.25, 0.3) is 0 Å². The lowest BCUT2D eigenvalue weighted by Gasteiger charge is -2.23. The van der Waals surface area contributed by atoms with Gasteiger partial charge in [-0.2, -0.15) is 0 Å². The molecule has 1 atom stereocenters. The third kappa shape index (κ3) is 4.22. The number of nitrogens with one attached hydrogen (secondary N) is 1. The molecule has 1 heterocycles. The van der Waals surface area contributed by atoms with Gasteiger partial charge < -0.3 is 10.1 Å². The number of benzene rings is 1. The van der Waals surface area contributed by atoms with E-state index in [9.17, 15) is 4.79 Å². The summed E-state index contributed by atoms with van der Waals surface area (Å²) in [5.74, 6) is 0.509. The van der Waals surface area contributed by atoms with E-state index in [1.807, 2.05) is 23.4 Å². The average Bonchev–Trinajstić information content (AvgIpc) is 3.00. The minimum Gasteiger partial charge on any atom is -0.495 e. The number of thiophene rings is 1. The highest BCUT2D eigenvalue weighted by Crippen LogP contribution is 2.27. The zero-order chi connectivity index (χ0) is 16.1. The van der Waals surface area contributed by atoms with Crippen LogP contribution in [-0.2, 0) is 4.79 Å². The van der Waals surface area contributed by atoms with Crippen molar-refractivity contribution in [3.63, 3.8) is 0 Å². The van der Waals surface area contributed by atoms with Crippen molar-refractivity contribution >= 4 is 34.5 Å². The first-order valence-corrected chi connectivity index (χ1v) is 8.14. The Morgan fingerprint density at radius 2 is 2.23 bits per heavy atom. The first-order valence-electron chi connectivity index (χ1n) is 6.88. The summed E-state index contributed by atoms with van der Waals surface area (Å²) >= 11 is 7.74. The molecule has 0 aliphatic carbocycles. The van der Waals surface area contributed by atoms with Gasteiger partial charge >= 0.3 is 0 Å². The molecular formula is C16H19ClN2O2S. The molecule has 1 unspecified atom stereocenters. The molecule has 0 saturated heterocycles. The van der Waals surface area contributed by atoms with Gasteiger partial charge in [-0.1, -0.05) is 17.7 Å². The molecule has 1 N–H and O–H groups in total. The number of carbonyl (C=O) groups is 1. The molecule has 0 aliphatic heterocycles. The Morgan fingerprint density at radius 3 is 2.82 bits per heavy atom. The predicted molar refractivity (Wildman–Crippen MR) is 92.0 cm³/mol. The molecule has 0 spiro atoms. The Labute approximate surface area is 139 Å². The van der Waals surface area contributed by atoms with Crippen LogP contribution in [0.3, 0.4) is 0 Å². The molecule has 22 heavy (non-hydrogen) atoms. The molecule has 0 saturated carbocycles. The van der Waals surface area contributed by atoms with Crippen molar-refractivity contribution in [2.45, 2.75) is 13.0 Å². The van der Waals surface area contributed by atoms with Crippen LogP contribution in [-0.4, -0.2) is 31.5 Å². The number of anilines is 1. The van der Waals surface area contributed by atoms with Crippen molar-refractivity contribution in [1.29, 1.82) is 0 Å². The molecule has 0 radical (unpaired) electrons. The fraction of sp³-hybridized carbons (Fsp3) is 0.312. The van der Waals surface area contributed by atoms with E-state index in [4.69, 9.17) is 16.3 Å². The van der Waals surface area contributed by atoms with Crippen molar-refractivity contribution in [1.82, 2.24) is 4.90 Å². The average molecular weight is 339 g/mol. The van der Waals surface area contributed by atoms with Crippen LogP contribution in [0.25, 0.3) is 0 Å². The molecule has 2 aromatic rings. The molecule has 118 valence electrons. The third-order valence-electron chi connectivity index (χ3n) is 3.44. The van der Waals surface area contributed by atoms with Crippen molar-refractivity contribution in [2.75, 3.05) is 26.0 Å². The standard InChI is InChI=1S/C16H19ClN2O2S/c1-11(15-5-4-8-22-15)19(2)10-16(20)18-12-6-7-14(21-3)13(17)9-12/h4-9,11H,10H2,1-3H3,(H,18,20). The maximum absolute atomic E-state index is 12.1. The van der Waals surface area contributed by atoms with E-state index < -0.39 is 0 Å². The highest BCUT2D eigenvalue weighted by atomic mass is 35.5. The van der Waals surface area contributed by atoms with Crippen molar-refractivity contribution in [3.05, 3.63) is 45.6 Å². The van der Waals surface area contributed by atoms with Crippen LogP contribution in [0.2, 0.25) is 5.02 Å². The summed E-state index contributed by atoms with van der Waals surface area (Å²) in [4.78, 5) is 15.4. The van der Waals surface area contributed by atoms with Crippen LogP contribution in [0.4, 0.5) is 5.69 Å². The molecule has 0 bridgehead atoms. The first kappa shape index (κ1) is 16.8. The zero-order valence-corrected chi connectivity index (χ0v) is 14.4. The predicted octanol–water partition coefficient (Wildman–Crippen LogP) is 4.04. The summed E-state index contributed by atoms with van der Waals surface area (Å²) in [6, 6.07) is 9.48. The minimum atomic E-state index is -0.0767. The van der Waals surface area contributed by atoms with Gasteiger partial charge in [-0.3, -0.25) is 9.69 Å². The smallest absolute Gasteiger partial charge is 0.238 e. The van der Waals surface area contributed by atoms with Crippen molar-refractivity contribution in [3.8, 4) is 5.75 Å². The molecule has 1 amide bonds. The molecule has 6 heteroatoms. The van der Waals surface area contributed by atoms with Gasteiger partial charge in [-0.05, 0) is 43.6 Å². The summed E-state index contributed by atoms with van der Waals surface area (Å²) in [5.41, 5.74) is 0.660. The molecule has 1 aromatic carbocycles. The first-order chi connectivity index (χ1) is 10.5. The highest BCUT2D eigenvalue weighted by molar-refractivity contribution is 7.10. The van der Waals surface area contributed by atoms with Crippen LogP contribution < -0.4 is 10.1 Å². The van der Waals surface area contributed by atoms with E-state index in [1.165, 1.54) is 4.88 Å². The number of rotatable bonds is 6. The number of ether oxygens (including phenoxy) is 1. The number of amides is 1.